The molecule has 0 radical (unpaired) electrons. The summed E-state index contributed by atoms with van der Waals surface area (Å²) in [4.78, 5) is 14.4. The van der Waals surface area contributed by atoms with E-state index in [1.54, 1.807) is 23.1 Å². The molecule has 4 nitrogen and oxygen atoms in total. The minimum Gasteiger partial charge on any atom is -0.457 e. The van der Waals surface area contributed by atoms with Crippen molar-refractivity contribution in [2.24, 2.45) is 0 Å². The van der Waals surface area contributed by atoms with Crippen LogP contribution in [-0.4, -0.2) is 22.0 Å². The zero-order valence-electron chi connectivity index (χ0n) is 14.5. The van der Waals surface area contributed by atoms with Gasteiger partial charge in [-0.2, -0.15) is 0 Å². The van der Waals surface area contributed by atoms with Gasteiger partial charge >= 0.3 is 0 Å². The molecule has 1 saturated heterocycles. The molecule has 27 heavy (non-hydrogen) atoms. The van der Waals surface area contributed by atoms with Gasteiger partial charge in [0.05, 0.1) is 0 Å². The number of rotatable bonds is 3. The Morgan fingerprint density at radius 2 is 1.89 bits per heavy atom. The van der Waals surface area contributed by atoms with Gasteiger partial charge in [-0.15, -0.1) is 0 Å². The highest BCUT2D eigenvalue weighted by molar-refractivity contribution is 7.80. The molecule has 1 aliphatic heterocycles. The number of carbonyl (C=O) groups excluding carboxylic acids is 1. The third-order valence-electron chi connectivity index (χ3n) is 4.97. The number of halogens is 2. The Labute approximate surface area is 160 Å². The fourth-order valence-corrected chi connectivity index (χ4v) is 3.94. The molecule has 2 heterocycles. The lowest BCUT2D eigenvalue weighted by Gasteiger charge is -2.29. The van der Waals surface area contributed by atoms with Crippen molar-refractivity contribution in [3.8, 4) is 11.3 Å². The van der Waals surface area contributed by atoms with E-state index in [4.69, 9.17) is 16.6 Å². The largest absolute Gasteiger partial charge is 0.457 e. The van der Waals surface area contributed by atoms with Gasteiger partial charge in [0.15, 0.2) is 16.7 Å². The first-order chi connectivity index (χ1) is 13.0. The van der Waals surface area contributed by atoms with Crippen LogP contribution in [0.4, 0.5) is 8.78 Å². The molecule has 1 aliphatic carbocycles. The zero-order chi connectivity index (χ0) is 19.0. The summed E-state index contributed by atoms with van der Waals surface area (Å²) in [5.41, 5.74) is 0.778. The summed E-state index contributed by atoms with van der Waals surface area (Å²) in [6.07, 6.45) is 6.91. The summed E-state index contributed by atoms with van der Waals surface area (Å²) in [5.74, 6) is -1.19. The van der Waals surface area contributed by atoms with E-state index in [0.717, 1.165) is 37.8 Å². The Morgan fingerprint density at radius 3 is 2.63 bits per heavy atom. The van der Waals surface area contributed by atoms with Crippen LogP contribution in [0.5, 0.6) is 0 Å². The standard InChI is InChI=1S/C20H18F2N2O2S/c21-15-8-6-12(10-16(15)22)18-9-7-14(26-18)11-17-19(25)24(20(27)23-17)13-4-2-1-3-5-13/h6-11,13H,1-5H2,(H,23,27)/b17-11-. The van der Waals surface area contributed by atoms with Gasteiger partial charge in [0.25, 0.3) is 5.91 Å². The molecular formula is C20H18F2N2O2S. The van der Waals surface area contributed by atoms with Crippen molar-refractivity contribution in [2.45, 2.75) is 38.1 Å². The lowest BCUT2D eigenvalue weighted by Crippen LogP contribution is -2.41. The molecule has 140 valence electrons. The van der Waals surface area contributed by atoms with Gasteiger partial charge in [-0.1, -0.05) is 19.3 Å². The van der Waals surface area contributed by atoms with Gasteiger partial charge in [0.1, 0.15) is 17.2 Å². The first-order valence-corrected chi connectivity index (χ1v) is 9.35. The Morgan fingerprint density at radius 1 is 1.11 bits per heavy atom. The number of hydrogen-bond donors (Lipinski definition) is 1. The predicted molar refractivity (Wildman–Crippen MR) is 101 cm³/mol. The second-order valence-corrected chi connectivity index (χ2v) is 7.17. The highest BCUT2D eigenvalue weighted by Crippen LogP contribution is 2.28. The smallest absolute Gasteiger partial charge is 0.276 e. The molecule has 0 spiro atoms. The van der Waals surface area contributed by atoms with Crippen LogP contribution < -0.4 is 5.32 Å². The SMILES string of the molecule is O=C1/C(=C/c2ccc(-c3ccc(F)c(F)c3)o2)NC(=S)N1C1CCCCC1. The van der Waals surface area contributed by atoms with E-state index in [2.05, 4.69) is 5.32 Å². The average Bonchev–Trinajstić information content (AvgIpc) is 3.23. The molecule has 0 atom stereocenters. The summed E-state index contributed by atoms with van der Waals surface area (Å²) >= 11 is 5.35. The van der Waals surface area contributed by atoms with Crippen LogP contribution in [0.2, 0.25) is 0 Å². The lowest BCUT2D eigenvalue weighted by molar-refractivity contribution is -0.124. The highest BCUT2D eigenvalue weighted by Gasteiger charge is 2.36. The Balaban J connectivity index is 1.55. The summed E-state index contributed by atoms with van der Waals surface area (Å²) in [5, 5.41) is 3.39. The van der Waals surface area contributed by atoms with Crippen LogP contribution >= 0.6 is 12.2 Å². The van der Waals surface area contributed by atoms with E-state index in [1.165, 1.54) is 12.5 Å². The lowest BCUT2D eigenvalue weighted by atomic mass is 9.94. The molecule has 1 N–H and O–H groups in total. The van der Waals surface area contributed by atoms with Gasteiger partial charge in [0, 0.05) is 17.7 Å². The summed E-state index contributed by atoms with van der Waals surface area (Å²) in [6, 6.07) is 7.03. The Bertz CT molecular complexity index is 932. The molecule has 4 rings (SSSR count). The third kappa shape index (κ3) is 3.51. The second kappa shape index (κ2) is 7.23. The van der Waals surface area contributed by atoms with Gasteiger partial charge in [0.2, 0.25) is 0 Å². The van der Waals surface area contributed by atoms with Crippen molar-refractivity contribution in [1.82, 2.24) is 10.2 Å². The molecule has 2 aromatic rings. The number of nitrogens with one attached hydrogen (secondary N) is 1. The number of furan rings is 1. The van der Waals surface area contributed by atoms with Crippen LogP contribution in [0.3, 0.4) is 0 Å². The van der Waals surface area contributed by atoms with Crippen molar-refractivity contribution in [1.29, 1.82) is 0 Å². The quantitative estimate of drug-likeness (QED) is 0.616. The molecule has 1 aromatic carbocycles. The molecular weight excluding hydrogens is 370 g/mol. The summed E-state index contributed by atoms with van der Waals surface area (Å²) in [7, 11) is 0. The van der Waals surface area contributed by atoms with Gasteiger partial charge < -0.3 is 9.73 Å². The number of benzene rings is 1. The fourth-order valence-electron chi connectivity index (χ4n) is 3.60. The summed E-state index contributed by atoms with van der Waals surface area (Å²) < 4.78 is 32.2. The Kier molecular flexibility index (Phi) is 4.78. The van der Waals surface area contributed by atoms with Crippen LogP contribution in [0.25, 0.3) is 17.4 Å². The zero-order valence-corrected chi connectivity index (χ0v) is 15.3. The Hall–Kier alpha value is -2.54. The third-order valence-corrected chi connectivity index (χ3v) is 5.27. The molecule has 1 amide bonds. The predicted octanol–water partition coefficient (Wildman–Crippen LogP) is 4.62. The number of carbonyl (C=O) groups is 1. The van der Waals surface area contributed by atoms with Gasteiger partial charge in [-0.25, -0.2) is 8.78 Å². The molecule has 0 bridgehead atoms. The molecule has 0 unspecified atom stereocenters. The number of amides is 1. The van der Waals surface area contributed by atoms with Crippen LogP contribution in [0.1, 0.15) is 37.9 Å². The van der Waals surface area contributed by atoms with E-state index in [0.29, 0.717) is 27.9 Å². The molecule has 2 aliphatic rings. The van der Waals surface area contributed by atoms with E-state index < -0.39 is 11.6 Å². The summed E-state index contributed by atoms with van der Waals surface area (Å²) in [6.45, 7) is 0. The van der Waals surface area contributed by atoms with Crippen molar-refractivity contribution in [3.63, 3.8) is 0 Å². The van der Waals surface area contributed by atoms with E-state index in [9.17, 15) is 13.6 Å². The molecule has 7 heteroatoms. The van der Waals surface area contributed by atoms with E-state index in [1.807, 2.05) is 0 Å². The molecule has 1 aromatic heterocycles. The maximum atomic E-state index is 13.4. The van der Waals surface area contributed by atoms with Crippen molar-refractivity contribution in [3.05, 3.63) is 53.4 Å². The minimum atomic E-state index is -0.940. The normalized spacial score (nSPS) is 19.8. The highest BCUT2D eigenvalue weighted by atomic mass is 32.1. The van der Waals surface area contributed by atoms with Gasteiger partial charge in [-0.05, 0) is 55.4 Å². The van der Waals surface area contributed by atoms with E-state index >= 15 is 0 Å². The fraction of sp³-hybridized carbons (Fsp3) is 0.300. The molecule has 1 saturated carbocycles. The van der Waals surface area contributed by atoms with E-state index in [-0.39, 0.29) is 11.9 Å². The van der Waals surface area contributed by atoms with Crippen LogP contribution in [-0.2, 0) is 4.79 Å². The van der Waals surface area contributed by atoms with Crippen molar-refractivity contribution < 1.29 is 18.0 Å². The van der Waals surface area contributed by atoms with Gasteiger partial charge in [-0.3, -0.25) is 9.69 Å². The van der Waals surface area contributed by atoms with Crippen molar-refractivity contribution in [2.75, 3.05) is 0 Å². The first-order valence-electron chi connectivity index (χ1n) is 8.94. The average molecular weight is 388 g/mol. The molecule has 2 fully saturated rings. The number of nitrogens with zero attached hydrogens (tertiary/aromatic N) is 1. The second-order valence-electron chi connectivity index (χ2n) is 6.79. The topological polar surface area (TPSA) is 45.5 Å². The first kappa shape index (κ1) is 17.9. The monoisotopic (exact) mass is 388 g/mol. The maximum absolute atomic E-state index is 13.4. The minimum absolute atomic E-state index is 0.145. The van der Waals surface area contributed by atoms with Crippen LogP contribution in [0.15, 0.2) is 40.4 Å². The van der Waals surface area contributed by atoms with Crippen molar-refractivity contribution >= 4 is 29.3 Å². The number of thiocarbonyl (C=S) groups is 1. The van der Waals surface area contributed by atoms with Crippen LogP contribution in [0, 0.1) is 11.6 Å². The maximum Gasteiger partial charge on any atom is 0.276 e. The number of hydrogen-bond acceptors (Lipinski definition) is 3.